The molecule has 0 saturated carbocycles. The summed E-state index contributed by atoms with van der Waals surface area (Å²) in [5, 5.41) is 0.953. The molecule has 4 heterocycles. The first-order valence-electron chi connectivity index (χ1n) is 10.4. The number of thiazole rings is 1. The van der Waals surface area contributed by atoms with Crippen LogP contribution in [0.2, 0.25) is 9.36 Å². The van der Waals surface area contributed by atoms with Gasteiger partial charge in [-0.2, -0.15) is 4.31 Å². The number of hydrogen-bond acceptors (Lipinski definition) is 7. The summed E-state index contributed by atoms with van der Waals surface area (Å²) in [6.45, 7) is 0.472. The van der Waals surface area contributed by atoms with Crippen molar-refractivity contribution < 1.29 is 13.2 Å². The Hall–Kier alpha value is -2.08. The van der Waals surface area contributed by atoms with Crippen molar-refractivity contribution in [2.24, 2.45) is 0 Å². The van der Waals surface area contributed by atoms with E-state index in [2.05, 4.69) is 9.97 Å². The summed E-state index contributed by atoms with van der Waals surface area (Å²) in [5.41, 5.74) is 1.41. The highest BCUT2D eigenvalue weighted by atomic mass is 35.5. The molecule has 1 fully saturated rings. The number of benzene rings is 1. The summed E-state index contributed by atoms with van der Waals surface area (Å²) < 4.78 is 29.3. The second-order valence-corrected chi connectivity index (χ2v) is 12.9. The van der Waals surface area contributed by atoms with Crippen LogP contribution in [0.3, 0.4) is 0 Å². The van der Waals surface area contributed by atoms with Crippen molar-refractivity contribution in [3.8, 4) is 0 Å². The number of amides is 1. The molecule has 0 bridgehead atoms. The van der Waals surface area contributed by atoms with Gasteiger partial charge in [0, 0.05) is 18.9 Å². The fourth-order valence-corrected chi connectivity index (χ4v) is 8.47. The molecular formula is C22H18Cl2N4O3S3. The third-order valence-electron chi connectivity index (χ3n) is 5.52. The summed E-state index contributed by atoms with van der Waals surface area (Å²) in [4.78, 5) is 24.2. The summed E-state index contributed by atoms with van der Waals surface area (Å²) in [6.07, 6.45) is 4.34. The highest BCUT2D eigenvalue weighted by Crippen LogP contribution is 2.36. The van der Waals surface area contributed by atoms with Gasteiger partial charge in [-0.15, -0.1) is 11.3 Å². The van der Waals surface area contributed by atoms with Crippen molar-refractivity contribution in [2.45, 2.75) is 29.6 Å². The molecule has 176 valence electrons. The van der Waals surface area contributed by atoms with Crippen molar-refractivity contribution >= 4 is 77.2 Å². The highest BCUT2D eigenvalue weighted by molar-refractivity contribution is 7.91. The molecule has 5 rings (SSSR count). The first-order chi connectivity index (χ1) is 16.3. The lowest BCUT2D eigenvalue weighted by atomic mass is 10.2. The largest absolute Gasteiger partial charge is 0.282 e. The monoisotopic (exact) mass is 552 g/mol. The molecule has 0 aliphatic carbocycles. The normalized spacial score (nSPS) is 16.8. The number of pyridine rings is 1. The van der Waals surface area contributed by atoms with Crippen LogP contribution in [-0.2, 0) is 21.4 Å². The first-order valence-corrected chi connectivity index (χ1v) is 14.2. The number of rotatable bonds is 6. The van der Waals surface area contributed by atoms with Gasteiger partial charge in [-0.05, 0) is 48.7 Å². The molecule has 1 aliphatic rings. The molecule has 3 aromatic heterocycles. The Bertz CT molecular complexity index is 1460. The van der Waals surface area contributed by atoms with Crippen LogP contribution in [-0.4, -0.2) is 41.2 Å². The summed E-state index contributed by atoms with van der Waals surface area (Å²) in [6, 6.07) is 11.3. The Morgan fingerprint density at radius 3 is 2.71 bits per heavy atom. The van der Waals surface area contributed by atoms with Gasteiger partial charge in [-0.1, -0.05) is 46.7 Å². The minimum Gasteiger partial charge on any atom is -0.282 e. The van der Waals surface area contributed by atoms with E-state index in [9.17, 15) is 13.2 Å². The van der Waals surface area contributed by atoms with Gasteiger partial charge in [-0.25, -0.2) is 13.4 Å². The highest BCUT2D eigenvalue weighted by Gasteiger charge is 2.42. The number of carbonyl (C=O) groups is 1. The zero-order valence-corrected chi connectivity index (χ0v) is 21.6. The molecule has 1 aromatic carbocycles. The number of aromatic nitrogens is 2. The Morgan fingerprint density at radius 1 is 1.15 bits per heavy atom. The van der Waals surface area contributed by atoms with Crippen LogP contribution in [0.4, 0.5) is 5.13 Å². The lowest BCUT2D eigenvalue weighted by Gasteiger charge is -2.28. The zero-order valence-electron chi connectivity index (χ0n) is 17.6. The molecule has 1 amide bonds. The quantitative estimate of drug-likeness (QED) is 0.317. The molecule has 7 nitrogen and oxygen atoms in total. The molecular weight excluding hydrogens is 535 g/mol. The van der Waals surface area contributed by atoms with E-state index >= 15 is 0 Å². The molecule has 34 heavy (non-hydrogen) atoms. The summed E-state index contributed by atoms with van der Waals surface area (Å²) in [5.74, 6) is -0.331. The fraction of sp³-hybridized carbons (Fsp3) is 0.227. The topological polar surface area (TPSA) is 83.5 Å². The van der Waals surface area contributed by atoms with E-state index in [-0.39, 0.29) is 23.2 Å². The third kappa shape index (κ3) is 4.46. The van der Waals surface area contributed by atoms with Crippen LogP contribution in [0.5, 0.6) is 0 Å². The maximum Gasteiger partial charge on any atom is 0.253 e. The second kappa shape index (κ2) is 9.52. The van der Waals surface area contributed by atoms with Gasteiger partial charge in [0.2, 0.25) is 5.91 Å². The predicted molar refractivity (Wildman–Crippen MR) is 136 cm³/mol. The van der Waals surface area contributed by atoms with Gasteiger partial charge >= 0.3 is 0 Å². The standard InChI is InChI=1S/C22H18Cl2N4O3S3/c23-15-5-1-7-17-20(15)26-22(32-17)27(13-14-4-2-10-25-12-14)21(29)16-6-3-11-28(16)34(30,31)19-9-8-18(24)33-19/h1-2,4-5,7-10,12,16H,3,6,11,13H2. The molecule has 0 N–H and O–H groups in total. The molecule has 0 radical (unpaired) electrons. The van der Waals surface area contributed by atoms with Gasteiger partial charge in [0.1, 0.15) is 15.8 Å². The van der Waals surface area contributed by atoms with E-state index < -0.39 is 16.1 Å². The molecule has 1 saturated heterocycles. The van der Waals surface area contributed by atoms with Crippen LogP contribution in [0, 0.1) is 0 Å². The minimum atomic E-state index is -3.86. The van der Waals surface area contributed by atoms with E-state index in [4.69, 9.17) is 23.2 Å². The fourth-order valence-electron chi connectivity index (χ4n) is 3.94. The first kappa shape index (κ1) is 23.7. The average Bonchev–Trinajstić information content (AvgIpc) is 3.57. The van der Waals surface area contributed by atoms with Crippen LogP contribution in [0.15, 0.2) is 59.1 Å². The van der Waals surface area contributed by atoms with E-state index in [1.165, 1.54) is 26.6 Å². The van der Waals surface area contributed by atoms with Gasteiger partial charge in [-0.3, -0.25) is 14.7 Å². The van der Waals surface area contributed by atoms with E-state index in [1.807, 2.05) is 18.2 Å². The molecule has 12 heteroatoms. The van der Waals surface area contributed by atoms with E-state index in [1.54, 1.807) is 30.6 Å². The number of nitrogens with zero attached hydrogens (tertiary/aromatic N) is 4. The number of fused-ring (bicyclic) bond motifs is 1. The Morgan fingerprint density at radius 2 is 2.00 bits per heavy atom. The molecule has 0 spiro atoms. The Labute approximate surface area is 214 Å². The number of anilines is 1. The molecule has 1 aliphatic heterocycles. The Kier molecular flexibility index (Phi) is 6.62. The van der Waals surface area contributed by atoms with Crippen LogP contribution >= 0.6 is 45.9 Å². The lowest BCUT2D eigenvalue weighted by molar-refractivity contribution is -0.121. The van der Waals surface area contributed by atoms with Gasteiger partial charge < -0.3 is 0 Å². The van der Waals surface area contributed by atoms with Crippen molar-refractivity contribution in [1.29, 1.82) is 0 Å². The smallest absolute Gasteiger partial charge is 0.253 e. The minimum absolute atomic E-state index is 0.128. The van der Waals surface area contributed by atoms with E-state index in [0.29, 0.717) is 32.8 Å². The molecule has 4 aromatic rings. The zero-order chi connectivity index (χ0) is 23.9. The number of carbonyl (C=O) groups excluding carboxylic acids is 1. The van der Waals surface area contributed by atoms with Crippen molar-refractivity contribution in [1.82, 2.24) is 14.3 Å². The van der Waals surface area contributed by atoms with Gasteiger partial charge in [0.15, 0.2) is 5.13 Å². The number of hydrogen-bond donors (Lipinski definition) is 0. The Balaban J connectivity index is 1.53. The number of para-hydroxylation sites is 1. The van der Waals surface area contributed by atoms with E-state index in [0.717, 1.165) is 21.6 Å². The van der Waals surface area contributed by atoms with Crippen LogP contribution < -0.4 is 4.90 Å². The van der Waals surface area contributed by atoms with Crippen molar-refractivity contribution in [2.75, 3.05) is 11.4 Å². The number of sulfonamides is 1. The maximum atomic E-state index is 13.9. The van der Waals surface area contributed by atoms with Crippen molar-refractivity contribution in [3.63, 3.8) is 0 Å². The predicted octanol–water partition coefficient (Wildman–Crippen LogP) is 5.45. The van der Waals surface area contributed by atoms with Crippen molar-refractivity contribution in [3.05, 3.63) is 69.8 Å². The summed E-state index contributed by atoms with van der Waals surface area (Å²) in [7, 11) is -3.86. The molecule has 1 atom stereocenters. The second-order valence-electron chi connectivity index (χ2n) is 7.70. The number of halogens is 2. The van der Waals surface area contributed by atoms with Crippen LogP contribution in [0.25, 0.3) is 10.2 Å². The third-order valence-corrected chi connectivity index (χ3v) is 10.5. The number of thiophene rings is 1. The van der Waals surface area contributed by atoms with Gasteiger partial charge in [0.25, 0.3) is 10.0 Å². The summed E-state index contributed by atoms with van der Waals surface area (Å²) >= 11 is 14.6. The lowest BCUT2D eigenvalue weighted by Crippen LogP contribution is -2.47. The maximum absolute atomic E-state index is 13.9. The molecule has 1 unspecified atom stereocenters. The SMILES string of the molecule is O=C(C1CCCN1S(=O)(=O)c1ccc(Cl)s1)N(Cc1cccnc1)c1nc2c(Cl)cccc2s1. The van der Waals surface area contributed by atoms with Crippen LogP contribution in [0.1, 0.15) is 18.4 Å². The van der Waals surface area contributed by atoms with Gasteiger partial charge in [0.05, 0.1) is 20.6 Å². The average molecular weight is 554 g/mol.